The number of hydrogen-bond acceptors (Lipinski definition) is 4. The Bertz CT molecular complexity index is 327. The molecule has 6 nitrogen and oxygen atoms in total. The molecule has 0 aliphatic carbocycles. The van der Waals surface area contributed by atoms with Crippen LogP contribution < -0.4 is 11.1 Å². The quantitative estimate of drug-likeness (QED) is 0.296. The summed E-state index contributed by atoms with van der Waals surface area (Å²) in [4.78, 5) is 12.1. The molecule has 2 unspecified atom stereocenters. The zero-order chi connectivity index (χ0) is 13.8. The van der Waals surface area contributed by atoms with Crippen molar-refractivity contribution in [3.05, 3.63) is 0 Å². The first-order valence-electron chi connectivity index (χ1n) is 6.44. The van der Waals surface area contributed by atoms with Crippen LogP contribution in [0.5, 0.6) is 0 Å². The predicted octanol–water partition coefficient (Wildman–Crippen LogP) is 0.975. The van der Waals surface area contributed by atoms with Gasteiger partial charge in [0.2, 0.25) is 5.91 Å². The molecular weight excluding hydrogens is 234 g/mol. The fourth-order valence-corrected chi connectivity index (χ4v) is 2.26. The highest BCUT2D eigenvalue weighted by Gasteiger charge is 2.37. The number of nitrogens with zero attached hydrogens (tertiary/aromatic N) is 1. The van der Waals surface area contributed by atoms with Crippen molar-refractivity contribution in [2.24, 2.45) is 10.9 Å². The number of carbonyl (C=O) groups excluding carboxylic acids is 1. The van der Waals surface area contributed by atoms with Gasteiger partial charge in [-0.25, -0.2) is 0 Å². The van der Waals surface area contributed by atoms with Gasteiger partial charge in [0.05, 0.1) is 6.10 Å². The summed E-state index contributed by atoms with van der Waals surface area (Å²) in [5.41, 5.74) is 4.90. The van der Waals surface area contributed by atoms with Gasteiger partial charge >= 0.3 is 0 Å². The van der Waals surface area contributed by atoms with E-state index in [1.54, 1.807) is 0 Å². The smallest absolute Gasteiger partial charge is 0.249 e. The van der Waals surface area contributed by atoms with Crippen molar-refractivity contribution in [3.63, 3.8) is 0 Å². The Balaban J connectivity index is 2.75. The summed E-state index contributed by atoms with van der Waals surface area (Å²) in [7, 11) is 0. The first-order chi connectivity index (χ1) is 8.49. The summed E-state index contributed by atoms with van der Waals surface area (Å²) in [6.07, 6.45) is 2.41. The first-order valence-corrected chi connectivity index (χ1v) is 6.44. The number of nitrogens with two attached hydrogens (primary N) is 1. The van der Waals surface area contributed by atoms with Crippen LogP contribution in [0.2, 0.25) is 0 Å². The van der Waals surface area contributed by atoms with Crippen LogP contribution in [0.25, 0.3) is 0 Å². The second kappa shape index (κ2) is 6.04. The molecule has 0 radical (unpaired) electrons. The monoisotopic (exact) mass is 257 g/mol. The third-order valence-electron chi connectivity index (χ3n) is 3.69. The van der Waals surface area contributed by atoms with Crippen LogP contribution in [0.1, 0.15) is 46.5 Å². The summed E-state index contributed by atoms with van der Waals surface area (Å²) in [5.74, 6) is -0.151. The number of rotatable bonds is 5. The van der Waals surface area contributed by atoms with Crippen LogP contribution in [0, 0.1) is 0 Å². The summed E-state index contributed by atoms with van der Waals surface area (Å²) >= 11 is 0. The molecule has 1 aliphatic heterocycles. The highest BCUT2D eigenvalue weighted by atomic mass is 16.5. The number of oxime groups is 1. The van der Waals surface area contributed by atoms with E-state index >= 15 is 0 Å². The molecule has 0 saturated carbocycles. The SMILES string of the molecule is CCC(CC)(NC(=O)C1CCC(C)O1)C(N)=NO. The molecule has 104 valence electrons. The van der Waals surface area contributed by atoms with Gasteiger partial charge in [0, 0.05) is 0 Å². The molecule has 0 aromatic carbocycles. The molecule has 1 fully saturated rings. The average molecular weight is 257 g/mol. The summed E-state index contributed by atoms with van der Waals surface area (Å²) in [5, 5.41) is 14.7. The summed E-state index contributed by atoms with van der Waals surface area (Å²) in [6.45, 7) is 5.73. The van der Waals surface area contributed by atoms with Crippen molar-refractivity contribution in [1.82, 2.24) is 5.32 Å². The summed E-state index contributed by atoms with van der Waals surface area (Å²) < 4.78 is 5.52. The van der Waals surface area contributed by atoms with E-state index in [-0.39, 0.29) is 17.8 Å². The van der Waals surface area contributed by atoms with Crippen molar-refractivity contribution in [2.75, 3.05) is 0 Å². The van der Waals surface area contributed by atoms with Crippen LogP contribution in [-0.2, 0) is 9.53 Å². The molecular formula is C12H23N3O3. The lowest BCUT2D eigenvalue weighted by molar-refractivity contribution is -0.133. The van der Waals surface area contributed by atoms with Crippen molar-refractivity contribution in [1.29, 1.82) is 0 Å². The molecule has 6 heteroatoms. The maximum absolute atomic E-state index is 12.1. The lowest BCUT2D eigenvalue weighted by Crippen LogP contribution is -2.58. The van der Waals surface area contributed by atoms with E-state index in [0.29, 0.717) is 19.3 Å². The molecule has 0 aromatic rings. The fourth-order valence-electron chi connectivity index (χ4n) is 2.26. The Morgan fingerprint density at radius 3 is 2.50 bits per heavy atom. The van der Waals surface area contributed by atoms with Crippen molar-refractivity contribution in [2.45, 2.75) is 64.2 Å². The second-order valence-corrected chi connectivity index (χ2v) is 4.78. The van der Waals surface area contributed by atoms with Gasteiger partial charge in [0.1, 0.15) is 11.6 Å². The second-order valence-electron chi connectivity index (χ2n) is 4.78. The Morgan fingerprint density at radius 2 is 2.11 bits per heavy atom. The minimum absolute atomic E-state index is 0.0342. The highest BCUT2D eigenvalue weighted by Crippen LogP contribution is 2.22. The topological polar surface area (TPSA) is 96.9 Å². The normalized spacial score (nSPS) is 25.2. The van der Waals surface area contributed by atoms with E-state index in [1.807, 2.05) is 20.8 Å². The third-order valence-corrected chi connectivity index (χ3v) is 3.69. The van der Waals surface area contributed by atoms with Crippen LogP contribution in [0.4, 0.5) is 0 Å². The van der Waals surface area contributed by atoms with E-state index in [0.717, 1.165) is 6.42 Å². The van der Waals surface area contributed by atoms with E-state index in [9.17, 15) is 4.79 Å². The van der Waals surface area contributed by atoms with E-state index in [4.69, 9.17) is 15.7 Å². The number of carbonyl (C=O) groups is 1. The molecule has 2 atom stereocenters. The van der Waals surface area contributed by atoms with E-state index in [1.165, 1.54) is 0 Å². The van der Waals surface area contributed by atoms with Crippen molar-refractivity contribution < 1.29 is 14.7 Å². The van der Waals surface area contributed by atoms with Gasteiger partial charge in [-0.15, -0.1) is 0 Å². The number of ether oxygens (including phenoxy) is 1. The van der Waals surface area contributed by atoms with Gasteiger partial charge in [0.15, 0.2) is 5.84 Å². The number of amides is 1. The standard InChI is InChI=1S/C12H23N3O3/c1-4-12(5-2,11(13)15-17)14-10(16)9-7-6-8(3)18-9/h8-9,17H,4-7H2,1-3H3,(H2,13,15)(H,14,16). The Morgan fingerprint density at radius 1 is 1.50 bits per heavy atom. The molecule has 1 rings (SSSR count). The van der Waals surface area contributed by atoms with Gasteiger partial charge in [-0.2, -0.15) is 0 Å². The molecule has 0 aromatic heterocycles. The average Bonchev–Trinajstić information content (AvgIpc) is 2.81. The molecule has 1 heterocycles. The lowest BCUT2D eigenvalue weighted by Gasteiger charge is -2.32. The van der Waals surface area contributed by atoms with Crippen molar-refractivity contribution in [3.8, 4) is 0 Å². The number of amidine groups is 1. The van der Waals surface area contributed by atoms with Gasteiger partial charge in [-0.3, -0.25) is 4.79 Å². The molecule has 1 aliphatic rings. The minimum atomic E-state index is -0.791. The number of hydrogen-bond donors (Lipinski definition) is 3. The Labute approximate surface area is 108 Å². The Hall–Kier alpha value is -1.30. The minimum Gasteiger partial charge on any atom is -0.409 e. The number of nitrogens with one attached hydrogen (secondary N) is 1. The zero-order valence-electron chi connectivity index (χ0n) is 11.3. The Kier molecular flexibility index (Phi) is 4.95. The van der Waals surface area contributed by atoms with Crippen LogP contribution in [0.15, 0.2) is 5.16 Å². The highest BCUT2D eigenvalue weighted by molar-refractivity contribution is 5.94. The molecule has 4 N–H and O–H groups in total. The van der Waals surface area contributed by atoms with Crippen LogP contribution in [-0.4, -0.2) is 34.7 Å². The molecule has 0 bridgehead atoms. The first kappa shape index (κ1) is 14.8. The predicted molar refractivity (Wildman–Crippen MR) is 68.4 cm³/mol. The van der Waals surface area contributed by atoms with Crippen LogP contribution in [0.3, 0.4) is 0 Å². The van der Waals surface area contributed by atoms with Gasteiger partial charge in [-0.05, 0) is 32.6 Å². The van der Waals surface area contributed by atoms with Gasteiger partial charge in [-0.1, -0.05) is 19.0 Å². The van der Waals surface area contributed by atoms with Crippen molar-refractivity contribution >= 4 is 11.7 Å². The maximum atomic E-state index is 12.1. The summed E-state index contributed by atoms with van der Waals surface area (Å²) in [6, 6.07) is 0. The third kappa shape index (κ3) is 2.93. The molecule has 1 saturated heterocycles. The van der Waals surface area contributed by atoms with Crippen LogP contribution >= 0.6 is 0 Å². The fraction of sp³-hybridized carbons (Fsp3) is 0.833. The van der Waals surface area contributed by atoms with E-state index in [2.05, 4.69) is 10.5 Å². The van der Waals surface area contributed by atoms with E-state index < -0.39 is 11.6 Å². The molecule has 1 amide bonds. The van der Waals surface area contributed by atoms with Gasteiger partial charge < -0.3 is 21.0 Å². The molecule has 18 heavy (non-hydrogen) atoms. The maximum Gasteiger partial charge on any atom is 0.249 e. The largest absolute Gasteiger partial charge is 0.409 e. The zero-order valence-corrected chi connectivity index (χ0v) is 11.3. The van der Waals surface area contributed by atoms with Gasteiger partial charge in [0.25, 0.3) is 0 Å². The lowest BCUT2D eigenvalue weighted by atomic mass is 9.91. The molecule has 0 spiro atoms.